The SMILES string of the molecule is CC[C@@H](C)Oc1cc(O[C@@H](C)[C@@H](C)C[C@@H](F)CNC)nc(C(N)=NC)n1. The minimum Gasteiger partial charge on any atom is -0.474 e. The summed E-state index contributed by atoms with van der Waals surface area (Å²) in [5.41, 5.74) is 5.84. The Bertz CT molecular complexity index is 585. The predicted octanol–water partition coefficient (Wildman–Crippen LogP) is 2.34. The molecule has 0 fully saturated rings. The monoisotopic (exact) mass is 369 g/mol. The molecule has 0 amide bonds. The van der Waals surface area contributed by atoms with Gasteiger partial charge < -0.3 is 20.5 Å². The topological polar surface area (TPSA) is 94.7 Å². The summed E-state index contributed by atoms with van der Waals surface area (Å²) >= 11 is 0. The van der Waals surface area contributed by atoms with E-state index in [1.165, 1.54) is 0 Å². The van der Waals surface area contributed by atoms with Gasteiger partial charge >= 0.3 is 0 Å². The lowest BCUT2D eigenvalue weighted by atomic mass is 9.99. The third-order valence-electron chi connectivity index (χ3n) is 4.21. The lowest BCUT2D eigenvalue weighted by Crippen LogP contribution is -2.29. The fraction of sp³-hybridized carbons (Fsp3) is 0.722. The molecule has 148 valence electrons. The summed E-state index contributed by atoms with van der Waals surface area (Å²) < 4.78 is 25.5. The number of rotatable bonds is 11. The van der Waals surface area contributed by atoms with Crippen LogP contribution in [0.2, 0.25) is 0 Å². The molecule has 0 aliphatic rings. The highest BCUT2D eigenvalue weighted by Crippen LogP contribution is 2.22. The van der Waals surface area contributed by atoms with E-state index in [1.54, 1.807) is 20.2 Å². The maximum Gasteiger partial charge on any atom is 0.221 e. The zero-order valence-corrected chi connectivity index (χ0v) is 16.6. The molecule has 4 atom stereocenters. The molecule has 1 rings (SSSR count). The summed E-state index contributed by atoms with van der Waals surface area (Å²) in [6.07, 6.45) is 0.0760. The molecule has 0 aliphatic carbocycles. The fourth-order valence-corrected chi connectivity index (χ4v) is 2.24. The first-order chi connectivity index (χ1) is 12.3. The van der Waals surface area contributed by atoms with Crippen LogP contribution in [0.5, 0.6) is 11.8 Å². The molecule has 0 radical (unpaired) electrons. The van der Waals surface area contributed by atoms with Gasteiger partial charge in [0, 0.05) is 13.6 Å². The number of amidine groups is 1. The van der Waals surface area contributed by atoms with E-state index < -0.39 is 6.17 Å². The third kappa shape index (κ3) is 7.11. The smallest absolute Gasteiger partial charge is 0.221 e. The number of ether oxygens (including phenoxy) is 2. The predicted molar refractivity (Wildman–Crippen MR) is 102 cm³/mol. The maximum atomic E-state index is 13.8. The van der Waals surface area contributed by atoms with E-state index >= 15 is 0 Å². The quantitative estimate of drug-likeness (QED) is 0.459. The van der Waals surface area contributed by atoms with Gasteiger partial charge in [-0.2, -0.15) is 9.97 Å². The molecule has 0 aliphatic heterocycles. The van der Waals surface area contributed by atoms with Crippen LogP contribution in [-0.4, -0.2) is 54.8 Å². The van der Waals surface area contributed by atoms with Crippen LogP contribution in [0.4, 0.5) is 4.39 Å². The van der Waals surface area contributed by atoms with E-state index in [-0.39, 0.29) is 29.8 Å². The molecule has 0 aromatic carbocycles. The van der Waals surface area contributed by atoms with Gasteiger partial charge in [-0.3, -0.25) is 4.99 Å². The second kappa shape index (κ2) is 10.9. The molecule has 0 unspecified atom stereocenters. The summed E-state index contributed by atoms with van der Waals surface area (Å²) in [5, 5.41) is 2.84. The van der Waals surface area contributed by atoms with Crippen molar-refractivity contribution < 1.29 is 13.9 Å². The van der Waals surface area contributed by atoms with Crippen molar-refractivity contribution in [2.75, 3.05) is 20.6 Å². The zero-order valence-electron chi connectivity index (χ0n) is 16.6. The highest BCUT2D eigenvalue weighted by atomic mass is 19.1. The molecule has 0 saturated heterocycles. The third-order valence-corrected chi connectivity index (χ3v) is 4.21. The van der Waals surface area contributed by atoms with Crippen molar-refractivity contribution in [3.8, 4) is 11.8 Å². The first-order valence-electron chi connectivity index (χ1n) is 9.04. The van der Waals surface area contributed by atoms with Crippen LogP contribution in [0.1, 0.15) is 46.4 Å². The van der Waals surface area contributed by atoms with E-state index in [2.05, 4.69) is 20.3 Å². The van der Waals surface area contributed by atoms with Gasteiger partial charge in [0.15, 0.2) is 5.84 Å². The number of alkyl halides is 1. The summed E-state index contributed by atoms with van der Waals surface area (Å²) in [4.78, 5) is 12.5. The second-order valence-corrected chi connectivity index (χ2v) is 6.50. The average molecular weight is 369 g/mol. The van der Waals surface area contributed by atoms with Crippen LogP contribution in [0, 0.1) is 5.92 Å². The van der Waals surface area contributed by atoms with Crippen molar-refractivity contribution in [3.05, 3.63) is 11.9 Å². The molecule has 1 aromatic heterocycles. The molecule has 26 heavy (non-hydrogen) atoms. The molecule has 1 heterocycles. The molecule has 8 heteroatoms. The molecular weight excluding hydrogens is 337 g/mol. The van der Waals surface area contributed by atoms with E-state index in [4.69, 9.17) is 15.2 Å². The van der Waals surface area contributed by atoms with Gasteiger partial charge in [-0.05, 0) is 39.7 Å². The Balaban J connectivity index is 2.93. The molecular formula is C18H32FN5O2. The largest absolute Gasteiger partial charge is 0.474 e. The molecule has 0 spiro atoms. The molecule has 0 bridgehead atoms. The minimum atomic E-state index is -0.922. The zero-order chi connectivity index (χ0) is 19.7. The highest BCUT2D eigenvalue weighted by molar-refractivity contribution is 5.94. The molecule has 7 nitrogen and oxygen atoms in total. The number of aliphatic imine (C=N–C) groups is 1. The highest BCUT2D eigenvalue weighted by Gasteiger charge is 2.20. The van der Waals surface area contributed by atoms with Crippen molar-refractivity contribution >= 4 is 5.84 Å². The summed E-state index contributed by atoms with van der Waals surface area (Å²) in [5.74, 6) is 1.17. The van der Waals surface area contributed by atoms with E-state index in [0.29, 0.717) is 24.7 Å². The lowest BCUT2D eigenvalue weighted by molar-refractivity contribution is 0.125. The van der Waals surface area contributed by atoms with Crippen molar-refractivity contribution in [1.29, 1.82) is 0 Å². The number of halogens is 1. The Kier molecular flexibility index (Phi) is 9.26. The van der Waals surface area contributed by atoms with Crippen LogP contribution in [0.15, 0.2) is 11.1 Å². The molecule has 3 N–H and O–H groups in total. The van der Waals surface area contributed by atoms with E-state index in [0.717, 1.165) is 6.42 Å². The first kappa shape index (κ1) is 22.1. The Morgan fingerprint density at radius 2 is 1.88 bits per heavy atom. The summed E-state index contributed by atoms with van der Waals surface area (Å²) in [7, 11) is 3.30. The van der Waals surface area contributed by atoms with Gasteiger partial charge in [0.1, 0.15) is 12.3 Å². The number of hydrogen-bond acceptors (Lipinski definition) is 6. The number of aromatic nitrogens is 2. The van der Waals surface area contributed by atoms with Crippen molar-refractivity contribution in [3.63, 3.8) is 0 Å². The number of nitrogens with one attached hydrogen (secondary N) is 1. The van der Waals surface area contributed by atoms with Gasteiger partial charge in [0.2, 0.25) is 17.6 Å². The van der Waals surface area contributed by atoms with Gasteiger partial charge in [-0.25, -0.2) is 4.39 Å². The normalized spacial score (nSPS) is 16.7. The summed E-state index contributed by atoms with van der Waals surface area (Å²) in [6, 6.07) is 1.63. The Hall–Kier alpha value is -1.96. The van der Waals surface area contributed by atoms with Crippen molar-refractivity contribution in [1.82, 2.24) is 15.3 Å². The Morgan fingerprint density at radius 1 is 1.27 bits per heavy atom. The van der Waals surface area contributed by atoms with Crippen LogP contribution in [0.25, 0.3) is 0 Å². The van der Waals surface area contributed by atoms with E-state index in [1.807, 2.05) is 27.7 Å². The maximum absolute atomic E-state index is 13.8. The number of nitrogens with two attached hydrogens (primary N) is 1. The van der Waals surface area contributed by atoms with E-state index in [9.17, 15) is 4.39 Å². The van der Waals surface area contributed by atoms with Gasteiger partial charge in [-0.1, -0.05) is 13.8 Å². The lowest BCUT2D eigenvalue weighted by Gasteiger charge is -2.23. The molecule has 0 saturated carbocycles. The van der Waals surface area contributed by atoms with Crippen LogP contribution in [0.3, 0.4) is 0 Å². The van der Waals surface area contributed by atoms with Crippen LogP contribution < -0.4 is 20.5 Å². The fourth-order valence-electron chi connectivity index (χ4n) is 2.24. The van der Waals surface area contributed by atoms with Gasteiger partial charge in [-0.15, -0.1) is 0 Å². The molecule has 1 aromatic rings. The van der Waals surface area contributed by atoms with Crippen LogP contribution in [-0.2, 0) is 0 Å². The number of hydrogen-bond donors (Lipinski definition) is 2. The van der Waals surface area contributed by atoms with Crippen LogP contribution >= 0.6 is 0 Å². The standard InChI is InChI=1S/C18H32FN5O2/c1-7-12(3)25-15-9-16(24-18(23-15)17(20)22-6)26-13(4)11(2)8-14(19)10-21-5/h9,11-14,21H,7-8,10H2,1-6H3,(H2,20,22)/t11-,12+,13-,14+/m0/s1. The van der Waals surface area contributed by atoms with Gasteiger partial charge in [0.05, 0.1) is 12.2 Å². The summed E-state index contributed by atoms with van der Waals surface area (Å²) in [6.45, 7) is 8.14. The Labute approximate surface area is 155 Å². The number of nitrogens with zero attached hydrogens (tertiary/aromatic N) is 3. The average Bonchev–Trinajstić information content (AvgIpc) is 2.60. The second-order valence-electron chi connectivity index (χ2n) is 6.50. The first-order valence-corrected chi connectivity index (χ1v) is 9.04. The van der Waals surface area contributed by atoms with Gasteiger partial charge in [0.25, 0.3) is 0 Å². The Morgan fingerprint density at radius 3 is 2.42 bits per heavy atom. The minimum absolute atomic E-state index is 0.00410. The van der Waals surface area contributed by atoms with Crippen molar-refractivity contribution in [2.24, 2.45) is 16.6 Å². The van der Waals surface area contributed by atoms with Crippen molar-refractivity contribution in [2.45, 2.75) is 58.9 Å².